The molecule has 2 amide bonds. The standard InChI is InChI=1S/C27H48N2O6/c1-27(2,3)35-26(31)28-17-18-8-7-9-20(16-18)19-12-14-29(15-13-19)25(30)21-10-11-22(32-4)24(34-6)23(21)33-5/h18-24H,7-17H2,1-6H3,(H,28,31). The van der Waals surface area contributed by atoms with E-state index in [1.54, 1.807) is 21.3 Å². The summed E-state index contributed by atoms with van der Waals surface area (Å²) in [6.45, 7) is 7.98. The van der Waals surface area contributed by atoms with E-state index in [-0.39, 0.29) is 36.2 Å². The van der Waals surface area contributed by atoms with E-state index in [0.717, 1.165) is 51.6 Å². The summed E-state index contributed by atoms with van der Waals surface area (Å²) < 4.78 is 22.4. The minimum atomic E-state index is -0.471. The van der Waals surface area contributed by atoms with Crippen LogP contribution in [0.15, 0.2) is 0 Å². The van der Waals surface area contributed by atoms with E-state index < -0.39 is 5.60 Å². The lowest BCUT2D eigenvalue weighted by molar-refractivity contribution is -0.169. The number of alkyl carbamates (subject to hydrolysis) is 1. The van der Waals surface area contributed by atoms with Crippen LogP contribution >= 0.6 is 0 Å². The zero-order chi connectivity index (χ0) is 25.6. The molecule has 1 saturated heterocycles. The molecule has 0 aromatic carbocycles. The van der Waals surface area contributed by atoms with Crippen LogP contribution in [0.4, 0.5) is 4.79 Å². The van der Waals surface area contributed by atoms with Crippen LogP contribution in [0, 0.1) is 23.7 Å². The van der Waals surface area contributed by atoms with Crippen LogP contribution in [0.25, 0.3) is 0 Å². The Labute approximate surface area is 211 Å². The zero-order valence-corrected chi connectivity index (χ0v) is 22.7. The summed E-state index contributed by atoms with van der Waals surface area (Å²) in [6.07, 6.45) is 7.60. The third kappa shape index (κ3) is 7.56. The van der Waals surface area contributed by atoms with Gasteiger partial charge in [0.05, 0.1) is 18.1 Å². The highest BCUT2D eigenvalue weighted by Crippen LogP contribution is 2.39. The van der Waals surface area contributed by atoms with Crippen LogP contribution in [-0.4, -0.2) is 81.8 Å². The number of methoxy groups -OCH3 is 3. The van der Waals surface area contributed by atoms with Gasteiger partial charge in [-0.3, -0.25) is 4.79 Å². The van der Waals surface area contributed by atoms with Gasteiger partial charge in [-0.05, 0) is 77.0 Å². The summed E-state index contributed by atoms with van der Waals surface area (Å²) in [7, 11) is 5.03. The second kappa shape index (κ2) is 12.7. The Kier molecular flexibility index (Phi) is 10.3. The van der Waals surface area contributed by atoms with Crippen molar-refractivity contribution >= 4 is 12.0 Å². The highest BCUT2D eigenvalue weighted by Gasteiger charge is 2.45. The lowest BCUT2D eigenvalue weighted by atomic mass is 9.72. The Morgan fingerprint density at radius 2 is 1.54 bits per heavy atom. The number of ether oxygens (including phenoxy) is 4. The third-order valence-corrected chi connectivity index (χ3v) is 8.29. The molecular weight excluding hydrogens is 448 g/mol. The van der Waals surface area contributed by atoms with Gasteiger partial charge in [-0.1, -0.05) is 12.8 Å². The molecule has 2 saturated carbocycles. The van der Waals surface area contributed by atoms with Crippen LogP contribution < -0.4 is 5.32 Å². The van der Waals surface area contributed by atoms with Gasteiger partial charge in [-0.25, -0.2) is 4.79 Å². The maximum absolute atomic E-state index is 13.5. The van der Waals surface area contributed by atoms with Gasteiger partial charge in [0.25, 0.3) is 0 Å². The number of piperidine rings is 1. The van der Waals surface area contributed by atoms with E-state index >= 15 is 0 Å². The number of hydrogen-bond acceptors (Lipinski definition) is 6. The van der Waals surface area contributed by atoms with Gasteiger partial charge >= 0.3 is 6.09 Å². The fraction of sp³-hybridized carbons (Fsp3) is 0.926. The first-order valence-corrected chi connectivity index (χ1v) is 13.5. The molecule has 0 aromatic rings. The Hall–Kier alpha value is -1.38. The van der Waals surface area contributed by atoms with E-state index in [9.17, 15) is 9.59 Å². The van der Waals surface area contributed by atoms with E-state index in [1.165, 1.54) is 12.8 Å². The lowest BCUT2D eigenvalue weighted by Crippen LogP contribution is -2.55. The first-order chi connectivity index (χ1) is 16.7. The molecule has 1 heterocycles. The van der Waals surface area contributed by atoms with E-state index in [4.69, 9.17) is 18.9 Å². The monoisotopic (exact) mass is 496 g/mol. The van der Waals surface area contributed by atoms with Crippen molar-refractivity contribution in [2.75, 3.05) is 41.0 Å². The number of amides is 2. The fourth-order valence-electron chi connectivity index (χ4n) is 6.53. The number of carbonyl (C=O) groups is 2. The molecular formula is C27H48N2O6. The van der Waals surface area contributed by atoms with E-state index in [0.29, 0.717) is 24.3 Å². The number of hydrogen-bond donors (Lipinski definition) is 1. The summed E-state index contributed by atoms with van der Waals surface area (Å²) in [4.78, 5) is 27.6. The van der Waals surface area contributed by atoms with Gasteiger partial charge in [0, 0.05) is 41.0 Å². The van der Waals surface area contributed by atoms with Crippen molar-refractivity contribution < 1.29 is 28.5 Å². The van der Waals surface area contributed by atoms with Gasteiger partial charge in [0.15, 0.2) is 0 Å². The number of carbonyl (C=O) groups excluding carboxylic acids is 2. The van der Waals surface area contributed by atoms with Crippen molar-refractivity contribution in [1.29, 1.82) is 0 Å². The normalized spacial score (nSPS) is 32.8. The second-order valence-corrected chi connectivity index (χ2v) is 11.7. The summed E-state index contributed by atoms with van der Waals surface area (Å²) >= 11 is 0. The average molecular weight is 497 g/mol. The first-order valence-electron chi connectivity index (χ1n) is 13.5. The number of nitrogens with zero attached hydrogens (tertiary/aromatic N) is 1. The number of rotatable bonds is 7. The van der Waals surface area contributed by atoms with Crippen molar-refractivity contribution in [2.45, 2.75) is 96.1 Å². The molecule has 0 spiro atoms. The van der Waals surface area contributed by atoms with Gasteiger partial charge in [-0.2, -0.15) is 0 Å². The van der Waals surface area contributed by atoms with Gasteiger partial charge in [-0.15, -0.1) is 0 Å². The van der Waals surface area contributed by atoms with Crippen LogP contribution in [0.2, 0.25) is 0 Å². The predicted molar refractivity (Wildman–Crippen MR) is 134 cm³/mol. The molecule has 0 aromatic heterocycles. The first kappa shape index (κ1) is 28.2. The maximum atomic E-state index is 13.5. The molecule has 3 fully saturated rings. The molecule has 0 bridgehead atoms. The Balaban J connectivity index is 1.47. The third-order valence-electron chi connectivity index (χ3n) is 8.29. The minimum Gasteiger partial charge on any atom is -0.444 e. The summed E-state index contributed by atoms with van der Waals surface area (Å²) in [6, 6.07) is 0. The molecule has 6 atom stereocenters. The van der Waals surface area contributed by atoms with Crippen molar-refractivity contribution in [3.8, 4) is 0 Å². The molecule has 1 N–H and O–H groups in total. The summed E-state index contributed by atoms with van der Waals surface area (Å²) in [5.41, 5.74) is -0.471. The van der Waals surface area contributed by atoms with Gasteiger partial charge in [0.1, 0.15) is 11.7 Å². The van der Waals surface area contributed by atoms with Crippen LogP contribution in [0.1, 0.15) is 72.1 Å². The molecule has 2 aliphatic carbocycles. The van der Waals surface area contributed by atoms with Crippen molar-refractivity contribution in [3.05, 3.63) is 0 Å². The molecule has 3 rings (SSSR count). The van der Waals surface area contributed by atoms with Gasteiger partial charge < -0.3 is 29.2 Å². The fourth-order valence-corrected chi connectivity index (χ4v) is 6.53. The highest BCUT2D eigenvalue weighted by atomic mass is 16.6. The average Bonchev–Trinajstić information content (AvgIpc) is 2.85. The molecule has 1 aliphatic heterocycles. The number of nitrogens with one attached hydrogen (secondary N) is 1. The zero-order valence-electron chi connectivity index (χ0n) is 22.7. The molecule has 8 nitrogen and oxygen atoms in total. The second-order valence-electron chi connectivity index (χ2n) is 11.7. The molecule has 202 valence electrons. The van der Waals surface area contributed by atoms with E-state index in [1.807, 2.05) is 20.8 Å². The molecule has 0 radical (unpaired) electrons. The molecule has 35 heavy (non-hydrogen) atoms. The Bertz CT molecular complexity index is 688. The van der Waals surface area contributed by atoms with E-state index in [2.05, 4.69) is 10.2 Å². The predicted octanol–water partition coefficient (Wildman–Crippen LogP) is 4.01. The summed E-state index contributed by atoms with van der Waals surface area (Å²) in [5, 5.41) is 2.97. The van der Waals surface area contributed by atoms with Gasteiger partial charge in [0.2, 0.25) is 5.91 Å². The van der Waals surface area contributed by atoms with Crippen LogP contribution in [0.3, 0.4) is 0 Å². The highest BCUT2D eigenvalue weighted by molar-refractivity contribution is 5.80. The number of likely N-dealkylation sites (tertiary alicyclic amines) is 1. The molecule has 6 unspecified atom stereocenters. The smallest absolute Gasteiger partial charge is 0.407 e. The Morgan fingerprint density at radius 3 is 2.14 bits per heavy atom. The lowest BCUT2D eigenvalue weighted by Gasteiger charge is -2.44. The Morgan fingerprint density at radius 1 is 0.857 bits per heavy atom. The van der Waals surface area contributed by atoms with Crippen LogP contribution in [-0.2, 0) is 23.7 Å². The molecule has 8 heteroatoms. The SMILES string of the molecule is COC1CCC(C(=O)N2CCC(C3CCCC(CNC(=O)OC(C)(C)C)C3)CC2)C(OC)C1OC. The van der Waals surface area contributed by atoms with Crippen LogP contribution in [0.5, 0.6) is 0 Å². The van der Waals surface area contributed by atoms with Crippen molar-refractivity contribution in [3.63, 3.8) is 0 Å². The largest absolute Gasteiger partial charge is 0.444 e. The van der Waals surface area contributed by atoms with Crippen molar-refractivity contribution in [1.82, 2.24) is 10.2 Å². The quantitative estimate of drug-likeness (QED) is 0.573. The molecule has 3 aliphatic rings. The topological polar surface area (TPSA) is 86.3 Å². The maximum Gasteiger partial charge on any atom is 0.407 e. The minimum absolute atomic E-state index is 0.0382. The van der Waals surface area contributed by atoms with Crippen molar-refractivity contribution in [2.24, 2.45) is 23.7 Å². The summed E-state index contributed by atoms with van der Waals surface area (Å²) in [5.74, 6) is 1.86.